The lowest BCUT2D eigenvalue weighted by Gasteiger charge is -2.12. The molecule has 0 amide bonds. The molecule has 0 aromatic heterocycles. The monoisotopic (exact) mass is 268 g/mol. The first-order valence-corrected chi connectivity index (χ1v) is 4.98. The lowest BCUT2D eigenvalue weighted by Crippen LogP contribution is -2.19. The van der Waals surface area contributed by atoms with Gasteiger partial charge in [0.1, 0.15) is 11.5 Å². The van der Waals surface area contributed by atoms with Gasteiger partial charge in [-0.1, -0.05) is 34.8 Å². The maximum absolute atomic E-state index is 11.6. The number of ketones is 1. The number of halogens is 3. The Morgan fingerprint density at radius 2 is 2.00 bits per heavy atom. The minimum absolute atomic E-state index is 0.0345. The van der Waals surface area contributed by atoms with E-state index in [1.54, 1.807) is 0 Å². The van der Waals surface area contributed by atoms with Crippen LogP contribution in [-0.4, -0.2) is 21.8 Å². The molecule has 15 heavy (non-hydrogen) atoms. The van der Waals surface area contributed by atoms with Crippen LogP contribution in [0.15, 0.2) is 18.2 Å². The molecule has 1 aromatic rings. The van der Waals surface area contributed by atoms with Crippen LogP contribution in [0.4, 0.5) is 0 Å². The average Bonchev–Trinajstić information content (AvgIpc) is 2.15. The number of carbonyl (C=O) groups excluding carboxylic acids is 1. The molecule has 0 heterocycles. The number of carbonyl (C=O) groups is 1. The summed E-state index contributed by atoms with van der Waals surface area (Å²) >= 11 is 16.4. The van der Waals surface area contributed by atoms with E-state index >= 15 is 0 Å². The summed E-state index contributed by atoms with van der Waals surface area (Å²) in [4.78, 5) is 11.6. The Kier molecular flexibility index (Phi) is 3.71. The quantitative estimate of drug-likeness (QED) is 0.663. The molecule has 3 nitrogen and oxygen atoms in total. The molecule has 0 aliphatic rings. The molecule has 0 spiro atoms. The molecule has 1 rings (SSSR count). The number of aromatic hydroxyl groups is 1. The van der Waals surface area contributed by atoms with Gasteiger partial charge in [0.2, 0.25) is 5.78 Å². The van der Waals surface area contributed by atoms with Crippen molar-refractivity contribution in [1.82, 2.24) is 0 Å². The van der Waals surface area contributed by atoms with Crippen molar-refractivity contribution in [3.05, 3.63) is 23.8 Å². The van der Waals surface area contributed by atoms with E-state index in [9.17, 15) is 4.79 Å². The normalized spacial score (nSPS) is 11.2. The third kappa shape index (κ3) is 2.91. The molecule has 0 aliphatic carbocycles. The molecule has 82 valence electrons. The number of benzene rings is 1. The number of methoxy groups -OCH3 is 1. The predicted octanol–water partition coefficient (Wildman–Crippen LogP) is 2.95. The highest BCUT2D eigenvalue weighted by Gasteiger charge is 2.33. The van der Waals surface area contributed by atoms with Gasteiger partial charge < -0.3 is 9.84 Å². The molecular formula is C9H7Cl3O3. The molecule has 0 radical (unpaired) electrons. The minimum Gasteiger partial charge on any atom is -0.508 e. The molecule has 0 saturated heterocycles. The van der Waals surface area contributed by atoms with E-state index in [1.807, 2.05) is 0 Å². The standard InChI is InChI=1S/C9H7Cl3O3/c1-15-7-4-5(13)2-3-6(7)8(14)9(10,11)12/h2-4,13H,1H3. The Bertz CT molecular complexity index is 385. The van der Waals surface area contributed by atoms with Crippen LogP contribution in [0.25, 0.3) is 0 Å². The Morgan fingerprint density at radius 1 is 1.40 bits per heavy atom. The van der Waals surface area contributed by atoms with Gasteiger partial charge in [-0.2, -0.15) is 0 Å². The van der Waals surface area contributed by atoms with Gasteiger partial charge in [-0.05, 0) is 12.1 Å². The summed E-state index contributed by atoms with van der Waals surface area (Å²) in [5, 5.41) is 9.16. The predicted molar refractivity (Wildman–Crippen MR) is 59.3 cm³/mol. The minimum atomic E-state index is -2.04. The molecule has 0 aliphatic heterocycles. The molecule has 0 fully saturated rings. The van der Waals surface area contributed by atoms with Crippen LogP contribution < -0.4 is 4.74 Å². The van der Waals surface area contributed by atoms with Crippen LogP contribution in [0.5, 0.6) is 11.5 Å². The summed E-state index contributed by atoms with van der Waals surface area (Å²) in [6.45, 7) is 0. The van der Waals surface area contributed by atoms with Crippen molar-refractivity contribution >= 4 is 40.6 Å². The van der Waals surface area contributed by atoms with Crippen LogP contribution in [0.2, 0.25) is 0 Å². The van der Waals surface area contributed by atoms with Gasteiger partial charge in [0.15, 0.2) is 0 Å². The molecule has 0 bridgehead atoms. The van der Waals surface area contributed by atoms with E-state index in [-0.39, 0.29) is 17.1 Å². The Labute approximate surface area is 102 Å². The number of Topliss-reactive ketones (excluding diaryl/α,β-unsaturated/α-hetero) is 1. The second-order valence-electron chi connectivity index (χ2n) is 2.71. The first-order chi connectivity index (χ1) is 6.86. The van der Waals surface area contributed by atoms with Crippen LogP contribution in [0, 0.1) is 0 Å². The van der Waals surface area contributed by atoms with E-state index in [1.165, 1.54) is 25.3 Å². The Hall–Kier alpha value is -0.640. The van der Waals surface area contributed by atoms with Crippen molar-refractivity contribution in [2.24, 2.45) is 0 Å². The molecule has 6 heteroatoms. The number of alkyl halides is 3. The summed E-state index contributed by atoms with van der Waals surface area (Å²) in [5.74, 6) is -0.580. The second-order valence-corrected chi connectivity index (χ2v) is 4.99. The second kappa shape index (κ2) is 4.47. The molecular weight excluding hydrogens is 262 g/mol. The number of phenolic OH excluding ortho intramolecular Hbond substituents is 1. The Morgan fingerprint density at radius 3 is 2.47 bits per heavy atom. The van der Waals surface area contributed by atoms with Crippen molar-refractivity contribution in [2.75, 3.05) is 7.11 Å². The zero-order chi connectivity index (χ0) is 11.6. The lowest BCUT2D eigenvalue weighted by atomic mass is 10.1. The van der Waals surface area contributed by atoms with E-state index in [0.717, 1.165) is 0 Å². The average molecular weight is 270 g/mol. The maximum atomic E-state index is 11.6. The highest BCUT2D eigenvalue weighted by molar-refractivity contribution is 6.77. The van der Waals surface area contributed by atoms with E-state index in [2.05, 4.69) is 0 Å². The third-order valence-electron chi connectivity index (χ3n) is 1.69. The van der Waals surface area contributed by atoms with Crippen LogP contribution in [0.3, 0.4) is 0 Å². The smallest absolute Gasteiger partial charge is 0.253 e. The van der Waals surface area contributed by atoms with E-state index < -0.39 is 9.58 Å². The highest BCUT2D eigenvalue weighted by atomic mass is 35.6. The number of hydrogen-bond acceptors (Lipinski definition) is 3. The number of phenols is 1. The summed E-state index contributed by atoms with van der Waals surface area (Å²) in [6.07, 6.45) is 0. The summed E-state index contributed by atoms with van der Waals surface area (Å²) in [7, 11) is 1.35. The van der Waals surface area contributed by atoms with Crippen LogP contribution in [-0.2, 0) is 0 Å². The molecule has 0 saturated carbocycles. The van der Waals surface area contributed by atoms with Crippen molar-refractivity contribution in [3.8, 4) is 11.5 Å². The third-order valence-corrected chi connectivity index (χ3v) is 2.20. The number of rotatable bonds is 2. The fourth-order valence-electron chi connectivity index (χ4n) is 1.02. The summed E-state index contributed by atoms with van der Waals surface area (Å²) < 4.78 is 2.85. The van der Waals surface area contributed by atoms with Crippen molar-refractivity contribution in [2.45, 2.75) is 3.79 Å². The molecule has 1 N–H and O–H groups in total. The molecule has 0 atom stereocenters. The zero-order valence-electron chi connectivity index (χ0n) is 7.63. The van der Waals surface area contributed by atoms with Gasteiger partial charge in [-0.15, -0.1) is 0 Å². The van der Waals surface area contributed by atoms with Crippen LogP contribution >= 0.6 is 34.8 Å². The lowest BCUT2D eigenvalue weighted by molar-refractivity contribution is 0.0993. The SMILES string of the molecule is COc1cc(O)ccc1C(=O)C(Cl)(Cl)Cl. The first-order valence-electron chi connectivity index (χ1n) is 3.85. The molecule has 0 unspecified atom stereocenters. The van der Waals surface area contributed by atoms with E-state index in [0.29, 0.717) is 0 Å². The summed E-state index contributed by atoms with van der Waals surface area (Å²) in [5.41, 5.74) is 0.107. The van der Waals surface area contributed by atoms with Crippen molar-refractivity contribution < 1.29 is 14.6 Å². The van der Waals surface area contributed by atoms with Crippen molar-refractivity contribution in [3.63, 3.8) is 0 Å². The fourth-order valence-corrected chi connectivity index (χ4v) is 1.33. The Balaban J connectivity index is 3.20. The van der Waals surface area contributed by atoms with Gasteiger partial charge in [0, 0.05) is 6.07 Å². The van der Waals surface area contributed by atoms with Gasteiger partial charge in [-0.3, -0.25) is 4.79 Å². The molecule has 1 aromatic carbocycles. The maximum Gasteiger partial charge on any atom is 0.253 e. The zero-order valence-corrected chi connectivity index (χ0v) is 9.90. The largest absolute Gasteiger partial charge is 0.508 e. The van der Waals surface area contributed by atoms with Gasteiger partial charge in [0.05, 0.1) is 12.7 Å². The van der Waals surface area contributed by atoms with Gasteiger partial charge >= 0.3 is 0 Å². The first kappa shape index (κ1) is 12.4. The number of hydrogen-bond donors (Lipinski definition) is 1. The highest BCUT2D eigenvalue weighted by Crippen LogP contribution is 2.34. The van der Waals surface area contributed by atoms with Crippen LogP contribution in [0.1, 0.15) is 10.4 Å². The van der Waals surface area contributed by atoms with Crippen molar-refractivity contribution in [1.29, 1.82) is 0 Å². The summed E-state index contributed by atoms with van der Waals surface area (Å²) in [6, 6.07) is 3.91. The van der Waals surface area contributed by atoms with Gasteiger partial charge in [-0.25, -0.2) is 0 Å². The topological polar surface area (TPSA) is 46.5 Å². The fraction of sp³-hybridized carbons (Fsp3) is 0.222. The van der Waals surface area contributed by atoms with E-state index in [4.69, 9.17) is 44.6 Å². The number of ether oxygens (including phenoxy) is 1. The van der Waals surface area contributed by atoms with Gasteiger partial charge in [0.25, 0.3) is 3.79 Å².